The fourth-order valence-electron chi connectivity index (χ4n) is 8.01. The number of aromatic nitrogens is 1. The molecule has 0 unspecified atom stereocenters. The van der Waals surface area contributed by atoms with E-state index in [9.17, 15) is 0 Å². The van der Waals surface area contributed by atoms with Crippen molar-refractivity contribution >= 4 is 21.7 Å². The number of benzene rings is 9. The summed E-state index contributed by atoms with van der Waals surface area (Å²) in [5.74, 6) is 0. The smallest absolute Gasteiger partial charge is 0.0716 e. The van der Waals surface area contributed by atoms with Gasteiger partial charge in [-0.1, -0.05) is 176 Å². The van der Waals surface area contributed by atoms with Crippen molar-refractivity contribution in [3.63, 3.8) is 0 Å². The van der Waals surface area contributed by atoms with Crippen molar-refractivity contribution in [2.75, 3.05) is 0 Å². The Kier molecular flexibility index (Phi) is 8.59. The van der Waals surface area contributed by atoms with E-state index < -0.39 is 0 Å². The van der Waals surface area contributed by atoms with Gasteiger partial charge >= 0.3 is 0 Å². The second-order valence-electron chi connectivity index (χ2n) is 14.4. The summed E-state index contributed by atoms with van der Waals surface area (Å²) in [4.78, 5) is 5.24. The molecule has 0 radical (unpaired) electrons. The van der Waals surface area contributed by atoms with E-state index in [4.69, 9.17) is 4.98 Å². The lowest BCUT2D eigenvalue weighted by Crippen LogP contribution is -1.92. The minimum atomic E-state index is 0.955. The Balaban J connectivity index is 1.02. The summed E-state index contributed by atoms with van der Waals surface area (Å²) in [6.07, 6.45) is 0. The molecule has 0 N–H and O–H groups in total. The van der Waals surface area contributed by atoms with Gasteiger partial charge in [0.15, 0.2) is 0 Å². The quantitative estimate of drug-likeness (QED) is 0.160. The van der Waals surface area contributed by atoms with Gasteiger partial charge in [0.1, 0.15) is 0 Å². The van der Waals surface area contributed by atoms with Crippen LogP contribution < -0.4 is 0 Å². The van der Waals surface area contributed by atoms with Crippen molar-refractivity contribution in [3.8, 4) is 78.0 Å². The summed E-state index contributed by atoms with van der Waals surface area (Å²) >= 11 is 0. The Morgan fingerprint density at radius 1 is 0.232 bits per heavy atom. The third-order valence-electron chi connectivity index (χ3n) is 10.8. The SMILES string of the molecule is c1ccc(-c2cccc(-c3cccc(-c4cccc(-c5cccc(-c6cc(-c7cc(-c8ccccc8)c8ccccc8c7)c7ccccc7n6)c5)c4)c3)c2)cc1. The van der Waals surface area contributed by atoms with Gasteiger partial charge in [-0.2, -0.15) is 0 Å². The summed E-state index contributed by atoms with van der Waals surface area (Å²) in [7, 11) is 0. The van der Waals surface area contributed by atoms with Crippen LogP contribution in [0.4, 0.5) is 0 Å². The summed E-state index contributed by atoms with van der Waals surface area (Å²) in [5, 5.41) is 3.61. The molecule has 0 spiro atoms. The van der Waals surface area contributed by atoms with Crippen LogP contribution in [0.5, 0.6) is 0 Å². The molecule has 0 saturated heterocycles. The average Bonchev–Trinajstić information content (AvgIpc) is 3.29. The minimum absolute atomic E-state index is 0.955. The Labute approximate surface area is 327 Å². The molecule has 0 atom stereocenters. The topological polar surface area (TPSA) is 12.9 Å². The van der Waals surface area contributed by atoms with Crippen LogP contribution in [-0.4, -0.2) is 4.98 Å². The second-order valence-corrected chi connectivity index (χ2v) is 14.4. The Morgan fingerprint density at radius 2 is 0.643 bits per heavy atom. The van der Waals surface area contributed by atoms with Crippen molar-refractivity contribution in [2.45, 2.75) is 0 Å². The number of hydrogen-bond acceptors (Lipinski definition) is 1. The zero-order valence-corrected chi connectivity index (χ0v) is 30.8. The molecule has 1 heterocycles. The van der Waals surface area contributed by atoms with Gasteiger partial charge in [-0.25, -0.2) is 4.98 Å². The fraction of sp³-hybridized carbons (Fsp3) is 0. The van der Waals surface area contributed by atoms with Gasteiger partial charge in [0, 0.05) is 10.9 Å². The Morgan fingerprint density at radius 3 is 1.23 bits per heavy atom. The van der Waals surface area contributed by atoms with Gasteiger partial charge in [-0.05, 0) is 126 Å². The van der Waals surface area contributed by atoms with Gasteiger partial charge in [0.05, 0.1) is 11.2 Å². The molecule has 0 aliphatic heterocycles. The zero-order valence-electron chi connectivity index (χ0n) is 30.8. The van der Waals surface area contributed by atoms with E-state index in [0.29, 0.717) is 0 Å². The van der Waals surface area contributed by atoms with Crippen LogP contribution in [0.2, 0.25) is 0 Å². The number of pyridine rings is 1. The fourth-order valence-corrected chi connectivity index (χ4v) is 8.01. The van der Waals surface area contributed by atoms with Gasteiger partial charge in [-0.3, -0.25) is 0 Å². The van der Waals surface area contributed by atoms with Crippen LogP contribution in [0.3, 0.4) is 0 Å². The van der Waals surface area contributed by atoms with Crippen molar-refractivity contribution in [2.24, 2.45) is 0 Å². The lowest BCUT2D eigenvalue weighted by molar-refractivity contribution is 1.40. The number of rotatable bonds is 7. The highest BCUT2D eigenvalue weighted by atomic mass is 14.7. The molecule has 1 nitrogen and oxygen atoms in total. The van der Waals surface area contributed by atoms with Crippen molar-refractivity contribution in [1.82, 2.24) is 4.98 Å². The molecule has 0 bridgehead atoms. The second kappa shape index (κ2) is 14.5. The summed E-state index contributed by atoms with van der Waals surface area (Å²) in [5.41, 5.74) is 17.4. The lowest BCUT2D eigenvalue weighted by atomic mass is 9.91. The first-order valence-electron chi connectivity index (χ1n) is 19.2. The molecule has 10 rings (SSSR count). The highest BCUT2D eigenvalue weighted by Gasteiger charge is 2.14. The van der Waals surface area contributed by atoms with Crippen molar-refractivity contribution in [3.05, 3.63) is 224 Å². The molecule has 10 aromatic rings. The maximum absolute atomic E-state index is 5.24. The van der Waals surface area contributed by atoms with Gasteiger partial charge in [-0.15, -0.1) is 0 Å². The van der Waals surface area contributed by atoms with Gasteiger partial charge in [0.25, 0.3) is 0 Å². The van der Waals surface area contributed by atoms with E-state index in [1.807, 2.05) is 0 Å². The monoisotopic (exact) mass is 711 g/mol. The number of hydrogen-bond donors (Lipinski definition) is 0. The predicted octanol–water partition coefficient (Wildman–Crippen LogP) is 15.1. The van der Waals surface area contributed by atoms with Crippen LogP contribution in [0.25, 0.3) is 99.7 Å². The van der Waals surface area contributed by atoms with E-state index in [0.717, 1.165) is 27.7 Å². The maximum atomic E-state index is 5.24. The first kappa shape index (κ1) is 33.2. The number of fused-ring (bicyclic) bond motifs is 2. The van der Waals surface area contributed by atoms with Gasteiger partial charge < -0.3 is 0 Å². The lowest BCUT2D eigenvalue weighted by Gasteiger charge is -2.15. The Bertz CT molecular complexity index is 3020. The zero-order chi connectivity index (χ0) is 37.3. The van der Waals surface area contributed by atoms with Crippen molar-refractivity contribution in [1.29, 1.82) is 0 Å². The van der Waals surface area contributed by atoms with Crippen molar-refractivity contribution < 1.29 is 0 Å². The summed E-state index contributed by atoms with van der Waals surface area (Å²) in [6.45, 7) is 0. The summed E-state index contributed by atoms with van der Waals surface area (Å²) in [6, 6.07) is 80.8. The molecule has 1 aromatic heterocycles. The largest absolute Gasteiger partial charge is 0.248 e. The first-order chi connectivity index (χ1) is 27.7. The molecule has 0 amide bonds. The van der Waals surface area contributed by atoms with E-state index in [2.05, 4.69) is 224 Å². The molecule has 0 aliphatic rings. The molecule has 0 saturated carbocycles. The van der Waals surface area contributed by atoms with Crippen LogP contribution in [0, 0.1) is 0 Å². The molecular weight excluding hydrogens is 675 g/mol. The van der Waals surface area contributed by atoms with Crippen LogP contribution in [0.1, 0.15) is 0 Å². The normalized spacial score (nSPS) is 11.2. The molecule has 9 aromatic carbocycles. The molecule has 262 valence electrons. The van der Waals surface area contributed by atoms with E-state index in [-0.39, 0.29) is 0 Å². The van der Waals surface area contributed by atoms with Gasteiger partial charge in [0.2, 0.25) is 0 Å². The third-order valence-corrected chi connectivity index (χ3v) is 10.8. The van der Waals surface area contributed by atoms with Crippen LogP contribution in [-0.2, 0) is 0 Å². The number of para-hydroxylation sites is 1. The summed E-state index contributed by atoms with van der Waals surface area (Å²) < 4.78 is 0. The molecule has 56 heavy (non-hydrogen) atoms. The molecule has 0 aliphatic carbocycles. The molecule has 1 heteroatoms. The average molecular weight is 712 g/mol. The highest BCUT2D eigenvalue weighted by Crippen LogP contribution is 2.39. The maximum Gasteiger partial charge on any atom is 0.0716 e. The van der Waals surface area contributed by atoms with Crippen LogP contribution >= 0.6 is 0 Å². The Hall–Kier alpha value is -7.35. The van der Waals surface area contributed by atoms with E-state index in [1.54, 1.807) is 0 Å². The van der Waals surface area contributed by atoms with Crippen LogP contribution in [0.15, 0.2) is 224 Å². The number of nitrogens with zero attached hydrogens (tertiary/aromatic N) is 1. The van der Waals surface area contributed by atoms with E-state index >= 15 is 0 Å². The third kappa shape index (κ3) is 6.46. The minimum Gasteiger partial charge on any atom is -0.248 e. The highest BCUT2D eigenvalue weighted by molar-refractivity contribution is 6.04. The first-order valence-corrected chi connectivity index (χ1v) is 19.2. The van der Waals surface area contributed by atoms with E-state index in [1.165, 1.54) is 72.0 Å². The molecular formula is C55H37N. The standard InChI is InChI=1S/C55H37N/c1-3-15-38(16-4-1)40-20-11-21-41(31-40)42-22-12-23-43(32-42)44-24-13-25-45(33-44)46-26-14-27-48(34-46)55-37-53(51-29-9-10-30-54(51)56-55)49-35-47-19-7-8-28-50(47)52(36-49)39-17-5-2-6-18-39/h1-37H. The predicted molar refractivity (Wildman–Crippen MR) is 237 cm³/mol. The molecule has 0 fully saturated rings.